The molecular weight excluding hydrogens is 285 g/mol. The number of nitro benzene ring substituents is 1. The molecule has 1 aromatic carbocycles. The van der Waals surface area contributed by atoms with Crippen LogP contribution in [0.4, 0.5) is 10.1 Å². The summed E-state index contributed by atoms with van der Waals surface area (Å²) in [6, 6.07) is 3.84. The number of benzene rings is 1. The van der Waals surface area contributed by atoms with E-state index in [2.05, 4.69) is 10.2 Å². The first-order valence-electron chi connectivity index (χ1n) is 8.05. The van der Waals surface area contributed by atoms with E-state index in [9.17, 15) is 14.5 Å². The molecule has 3 rings (SSSR count). The number of hydrogen-bond acceptors (Lipinski definition) is 4. The molecule has 1 aliphatic heterocycles. The molecule has 1 aliphatic carbocycles. The molecule has 1 saturated heterocycles. The monoisotopic (exact) mass is 307 g/mol. The lowest BCUT2D eigenvalue weighted by Gasteiger charge is -2.38. The van der Waals surface area contributed by atoms with Gasteiger partial charge in [0.2, 0.25) is 0 Å². The fourth-order valence-corrected chi connectivity index (χ4v) is 3.91. The van der Waals surface area contributed by atoms with E-state index in [0.29, 0.717) is 11.5 Å². The van der Waals surface area contributed by atoms with E-state index in [0.717, 1.165) is 51.9 Å². The van der Waals surface area contributed by atoms with Gasteiger partial charge in [-0.1, -0.05) is 12.8 Å². The van der Waals surface area contributed by atoms with Crippen molar-refractivity contribution in [3.63, 3.8) is 0 Å². The zero-order valence-electron chi connectivity index (χ0n) is 12.6. The molecule has 22 heavy (non-hydrogen) atoms. The molecule has 1 saturated carbocycles. The summed E-state index contributed by atoms with van der Waals surface area (Å²) in [6.07, 6.45) is 4.47. The highest BCUT2D eigenvalue weighted by atomic mass is 19.1. The van der Waals surface area contributed by atoms with E-state index in [1.807, 2.05) is 0 Å². The first-order valence-corrected chi connectivity index (χ1v) is 8.05. The SMILES string of the molecule is O=[N+]([O-])c1ccc(F)cc1[C@@H](C1CCCC1)N1CCNCC1. The Kier molecular flexibility index (Phi) is 4.69. The Labute approximate surface area is 129 Å². The highest BCUT2D eigenvalue weighted by Gasteiger charge is 2.35. The topological polar surface area (TPSA) is 58.4 Å². The lowest BCUT2D eigenvalue weighted by atomic mass is 9.88. The van der Waals surface area contributed by atoms with E-state index in [1.165, 1.54) is 18.2 Å². The van der Waals surface area contributed by atoms with Crippen molar-refractivity contribution >= 4 is 5.69 Å². The van der Waals surface area contributed by atoms with Gasteiger partial charge in [0, 0.05) is 38.3 Å². The second kappa shape index (κ2) is 6.71. The number of halogens is 1. The zero-order valence-corrected chi connectivity index (χ0v) is 12.6. The van der Waals surface area contributed by atoms with Crippen LogP contribution in [0.25, 0.3) is 0 Å². The molecule has 2 fully saturated rings. The van der Waals surface area contributed by atoms with Gasteiger partial charge in [0.15, 0.2) is 0 Å². The predicted octanol–water partition coefficient (Wildman–Crippen LogP) is 2.87. The average Bonchev–Trinajstić information content (AvgIpc) is 3.02. The van der Waals surface area contributed by atoms with Crippen LogP contribution in [0, 0.1) is 21.8 Å². The highest BCUT2D eigenvalue weighted by Crippen LogP contribution is 2.42. The summed E-state index contributed by atoms with van der Waals surface area (Å²) in [5.41, 5.74) is 0.607. The Hall–Kier alpha value is -1.53. The summed E-state index contributed by atoms with van der Waals surface area (Å²) in [4.78, 5) is 13.3. The van der Waals surface area contributed by atoms with Crippen LogP contribution in [0.2, 0.25) is 0 Å². The molecule has 0 bridgehead atoms. The molecule has 5 nitrogen and oxygen atoms in total. The summed E-state index contributed by atoms with van der Waals surface area (Å²) in [7, 11) is 0. The molecule has 2 aliphatic rings. The molecule has 0 radical (unpaired) electrons. The van der Waals surface area contributed by atoms with Crippen molar-refractivity contribution in [2.45, 2.75) is 31.7 Å². The van der Waals surface area contributed by atoms with Crippen LogP contribution in [0.5, 0.6) is 0 Å². The summed E-state index contributed by atoms with van der Waals surface area (Å²) in [5, 5.41) is 14.7. The Bertz CT molecular complexity index is 540. The van der Waals surface area contributed by atoms with Crippen LogP contribution in [0.3, 0.4) is 0 Å². The van der Waals surface area contributed by atoms with Gasteiger partial charge in [-0.15, -0.1) is 0 Å². The highest BCUT2D eigenvalue weighted by molar-refractivity contribution is 5.43. The minimum atomic E-state index is -0.390. The summed E-state index contributed by atoms with van der Waals surface area (Å²) < 4.78 is 13.8. The lowest BCUT2D eigenvalue weighted by molar-refractivity contribution is -0.386. The van der Waals surface area contributed by atoms with Crippen LogP contribution in [-0.4, -0.2) is 36.0 Å². The first-order chi connectivity index (χ1) is 10.7. The normalized spacial score (nSPS) is 21.9. The minimum Gasteiger partial charge on any atom is -0.314 e. The quantitative estimate of drug-likeness (QED) is 0.686. The predicted molar refractivity (Wildman–Crippen MR) is 82.2 cm³/mol. The van der Waals surface area contributed by atoms with Gasteiger partial charge in [-0.2, -0.15) is 0 Å². The van der Waals surface area contributed by atoms with Crippen molar-refractivity contribution in [1.29, 1.82) is 0 Å². The maximum Gasteiger partial charge on any atom is 0.274 e. The molecule has 0 spiro atoms. The van der Waals surface area contributed by atoms with Crippen LogP contribution < -0.4 is 5.32 Å². The van der Waals surface area contributed by atoms with Gasteiger partial charge in [0.05, 0.1) is 10.5 Å². The third-order valence-electron chi connectivity index (χ3n) is 4.90. The Balaban J connectivity index is 2.00. The first kappa shape index (κ1) is 15.4. The maximum atomic E-state index is 13.8. The van der Waals surface area contributed by atoms with Gasteiger partial charge in [-0.05, 0) is 30.9 Å². The Morgan fingerprint density at radius 2 is 1.95 bits per heavy atom. The zero-order chi connectivity index (χ0) is 15.5. The molecule has 1 heterocycles. The average molecular weight is 307 g/mol. The third-order valence-corrected chi connectivity index (χ3v) is 4.90. The third kappa shape index (κ3) is 3.13. The van der Waals surface area contributed by atoms with E-state index >= 15 is 0 Å². The van der Waals surface area contributed by atoms with Crippen LogP contribution in [0.15, 0.2) is 18.2 Å². The van der Waals surface area contributed by atoms with Gasteiger partial charge >= 0.3 is 0 Å². The van der Waals surface area contributed by atoms with Gasteiger partial charge < -0.3 is 5.32 Å². The summed E-state index contributed by atoms with van der Waals surface area (Å²) in [5.74, 6) is -0.00247. The van der Waals surface area contributed by atoms with E-state index < -0.39 is 5.82 Å². The summed E-state index contributed by atoms with van der Waals surface area (Å²) in [6.45, 7) is 3.47. The van der Waals surface area contributed by atoms with Gasteiger partial charge in [0.1, 0.15) is 5.82 Å². The molecule has 1 N–H and O–H groups in total. The van der Waals surface area contributed by atoms with Crippen LogP contribution in [0.1, 0.15) is 37.3 Å². The van der Waals surface area contributed by atoms with Crippen molar-refractivity contribution in [2.24, 2.45) is 5.92 Å². The molecule has 0 unspecified atom stereocenters. The molecule has 1 aromatic rings. The summed E-state index contributed by atoms with van der Waals surface area (Å²) >= 11 is 0. The Morgan fingerprint density at radius 1 is 1.27 bits per heavy atom. The smallest absolute Gasteiger partial charge is 0.274 e. The van der Waals surface area contributed by atoms with E-state index in [1.54, 1.807) is 0 Å². The number of piperazine rings is 1. The molecule has 1 atom stereocenters. The molecule has 0 aromatic heterocycles. The number of rotatable bonds is 4. The van der Waals surface area contributed by atoms with Crippen LogP contribution in [-0.2, 0) is 0 Å². The Morgan fingerprint density at radius 3 is 2.59 bits per heavy atom. The van der Waals surface area contributed by atoms with Crippen LogP contribution >= 0.6 is 0 Å². The largest absolute Gasteiger partial charge is 0.314 e. The van der Waals surface area contributed by atoms with Gasteiger partial charge in [-0.3, -0.25) is 15.0 Å². The second-order valence-corrected chi connectivity index (χ2v) is 6.24. The van der Waals surface area contributed by atoms with Crippen molar-refractivity contribution in [1.82, 2.24) is 10.2 Å². The number of hydrogen-bond donors (Lipinski definition) is 1. The van der Waals surface area contributed by atoms with Crippen molar-refractivity contribution in [3.8, 4) is 0 Å². The van der Waals surface area contributed by atoms with Crippen molar-refractivity contribution in [2.75, 3.05) is 26.2 Å². The second-order valence-electron chi connectivity index (χ2n) is 6.24. The van der Waals surface area contributed by atoms with Gasteiger partial charge in [-0.25, -0.2) is 4.39 Å². The molecule has 0 amide bonds. The van der Waals surface area contributed by atoms with E-state index in [-0.39, 0.29) is 16.7 Å². The molecule has 120 valence electrons. The van der Waals surface area contributed by atoms with E-state index in [4.69, 9.17) is 0 Å². The lowest BCUT2D eigenvalue weighted by Crippen LogP contribution is -2.46. The number of nitrogens with one attached hydrogen (secondary N) is 1. The molecular formula is C16H22FN3O2. The maximum absolute atomic E-state index is 13.8. The number of nitrogens with zero attached hydrogens (tertiary/aromatic N) is 2. The fourth-order valence-electron chi connectivity index (χ4n) is 3.91. The van der Waals surface area contributed by atoms with Crippen molar-refractivity contribution < 1.29 is 9.31 Å². The van der Waals surface area contributed by atoms with Crippen molar-refractivity contribution in [3.05, 3.63) is 39.7 Å². The molecule has 6 heteroatoms. The fraction of sp³-hybridized carbons (Fsp3) is 0.625. The van der Waals surface area contributed by atoms with Gasteiger partial charge in [0.25, 0.3) is 5.69 Å². The minimum absolute atomic E-state index is 0.0410. The number of nitro groups is 1. The standard InChI is InChI=1S/C16H22FN3O2/c17-13-5-6-15(20(21)22)14(11-13)16(12-3-1-2-4-12)19-9-7-18-8-10-19/h5-6,11-12,16,18H,1-4,7-10H2/t16-/m1/s1.